The molecule has 72 valence electrons. The van der Waals surface area contributed by atoms with Gasteiger partial charge in [0.05, 0.1) is 6.54 Å². The monoisotopic (exact) mass is 191 g/mol. The topological polar surface area (TPSA) is 43.1 Å². The molecule has 0 spiro atoms. The van der Waals surface area contributed by atoms with Crippen molar-refractivity contribution < 1.29 is 4.79 Å². The van der Waals surface area contributed by atoms with E-state index in [9.17, 15) is 4.79 Å². The molecule has 0 heterocycles. The quantitative estimate of drug-likeness (QED) is 0.721. The Labute approximate surface area is 80.3 Å². The normalized spacial score (nSPS) is 24.4. The number of nitrogens with two attached hydrogens (primary N) is 1. The van der Waals surface area contributed by atoms with Crippen molar-refractivity contribution in [1.29, 1.82) is 0 Å². The molecule has 1 rings (SSSR count). The average molecular weight is 192 g/mol. The van der Waals surface area contributed by atoms with E-state index in [1.165, 1.54) is 0 Å². The molecule has 1 aliphatic rings. The fraction of sp³-hybridized carbons (Fsp3) is 0.889. The fourth-order valence-electron chi connectivity index (χ4n) is 2.12. The molecule has 0 aliphatic heterocycles. The van der Waals surface area contributed by atoms with Crippen LogP contribution in [0.1, 0.15) is 27.7 Å². The van der Waals surface area contributed by atoms with Gasteiger partial charge >= 0.3 is 0 Å². The van der Waals surface area contributed by atoms with E-state index in [4.69, 9.17) is 5.73 Å². The molecule has 0 radical (unpaired) electrons. The molecular formula is C9H18ClNO. The van der Waals surface area contributed by atoms with Crippen molar-refractivity contribution in [3.63, 3.8) is 0 Å². The third-order valence-electron chi connectivity index (χ3n) is 3.54. The van der Waals surface area contributed by atoms with Crippen LogP contribution in [-0.4, -0.2) is 12.3 Å². The first-order valence-corrected chi connectivity index (χ1v) is 4.08. The Morgan fingerprint density at radius 2 is 1.58 bits per heavy atom. The minimum atomic E-state index is 0. The summed E-state index contributed by atoms with van der Waals surface area (Å²) in [6, 6.07) is 0. The molecule has 1 fully saturated rings. The lowest BCUT2D eigenvalue weighted by Crippen LogP contribution is -2.18. The molecule has 0 saturated heterocycles. The second kappa shape index (κ2) is 3.00. The number of rotatable bonds is 2. The number of hydrogen-bond donors (Lipinski definition) is 1. The highest BCUT2D eigenvalue weighted by Crippen LogP contribution is 2.68. The van der Waals surface area contributed by atoms with Crippen molar-refractivity contribution in [1.82, 2.24) is 0 Å². The van der Waals surface area contributed by atoms with E-state index in [0.29, 0.717) is 0 Å². The standard InChI is InChI=1S/C9H17NO.ClH/c1-8(2)7(6(11)5-10)9(8,3)4;/h7H,5,10H2,1-4H3;1H. The Morgan fingerprint density at radius 3 is 1.67 bits per heavy atom. The van der Waals surface area contributed by atoms with E-state index in [1.54, 1.807) is 0 Å². The van der Waals surface area contributed by atoms with Crippen LogP contribution in [-0.2, 0) is 4.79 Å². The summed E-state index contributed by atoms with van der Waals surface area (Å²) in [5.41, 5.74) is 5.62. The summed E-state index contributed by atoms with van der Waals surface area (Å²) in [6.45, 7) is 8.71. The minimum absolute atomic E-state index is 0. The van der Waals surface area contributed by atoms with Gasteiger partial charge in [-0.25, -0.2) is 0 Å². The van der Waals surface area contributed by atoms with Gasteiger partial charge in [-0.15, -0.1) is 12.4 Å². The van der Waals surface area contributed by atoms with Gasteiger partial charge in [-0.2, -0.15) is 0 Å². The van der Waals surface area contributed by atoms with Gasteiger partial charge in [0.1, 0.15) is 0 Å². The van der Waals surface area contributed by atoms with Crippen molar-refractivity contribution in [3.05, 3.63) is 0 Å². The minimum Gasteiger partial charge on any atom is -0.324 e. The highest BCUT2D eigenvalue weighted by atomic mass is 35.5. The number of carbonyl (C=O) groups is 1. The second-order valence-electron chi connectivity index (χ2n) is 4.55. The van der Waals surface area contributed by atoms with Crippen LogP contribution in [0.2, 0.25) is 0 Å². The number of Topliss-reactive ketones (excluding diaryl/α,β-unsaturated/α-hetero) is 1. The van der Waals surface area contributed by atoms with Crippen LogP contribution in [0.4, 0.5) is 0 Å². The average Bonchev–Trinajstić information content (AvgIpc) is 2.24. The summed E-state index contributed by atoms with van der Waals surface area (Å²) in [5, 5.41) is 0. The maximum atomic E-state index is 11.3. The first-order chi connectivity index (χ1) is 4.85. The van der Waals surface area contributed by atoms with Crippen LogP contribution in [0, 0.1) is 16.7 Å². The number of hydrogen-bond acceptors (Lipinski definition) is 2. The Bertz CT molecular complexity index is 185. The summed E-state index contributed by atoms with van der Waals surface area (Å²) < 4.78 is 0. The van der Waals surface area contributed by atoms with Gasteiger partial charge in [0.25, 0.3) is 0 Å². The molecule has 12 heavy (non-hydrogen) atoms. The van der Waals surface area contributed by atoms with Crippen LogP contribution in [0.3, 0.4) is 0 Å². The Hall–Kier alpha value is -0.0800. The molecule has 0 amide bonds. The van der Waals surface area contributed by atoms with E-state index in [-0.39, 0.29) is 41.5 Å². The molecule has 3 heteroatoms. The Morgan fingerprint density at radius 1 is 1.25 bits per heavy atom. The summed E-state index contributed by atoms with van der Waals surface area (Å²) in [4.78, 5) is 11.3. The molecule has 0 unspecified atom stereocenters. The third-order valence-corrected chi connectivity index (χ3v) is 3.54. The summed E-state index contributed by atoms with van der Waals surface area (Å²) in [6.07, 6.45) is 0. The van der Waals surface area contributed by atoms with Crippen LogP contribution in [0.15, 0.2) is 0 Å². The van der Waals surface area contributed by atoms with Gasteiger partial charge in [-0.1, -0.05) is 27.7 Å². The van der Waals surface area contributed by atoms with Gasteiger partial charge < -0.3 is 5.73 Å². The third kappa shape index (κ3) is 1.27. The fourth-order valence-corrected chi connectivity index (χ4v) is 2.12. The molecule has 0 atom stereocenters. The van der Waals surface area contributed by atoms with Crippen molar-refractivity contribution >= 4 is 18.2 Å². The van der Waals surface area contributed by atoms with Crippen LogP contribution in [0.25, 0.3) is 0 Å². The van der Waals surface area contributed by atoms with E-state index in [2.05, 4.69) is 27.7 Å². The zero-order valence-corrected chi connectivity index (χ0v) is 8.99. The number of halogens is 1. The summed E-state index contributed by atoms with van der Waals surface area (Å²) in [5.74, 6) is 0.389. The van der Waals surface area contributed by atoms with Gasteiger partial charge in [0.2, 0.25) is 0 Å². The van der Waals surface area contributed by atoms with Gasteiger partial charge in [0, 0.05) is 5.92 Å². The second-order valence-corrected chi connectivity index (χ2v) is 4.55. The maximum absolute atomic E-state index is 11.3. The molecule has 0 bridgehead atoms. The molecule has 0 aromatic carbocycles. The zero-order valence-electron chi connectivity index (χ0n) is 8.18. The molecule has 0 aromatic rings. The molecule has 1 saturated carbocycles. The van der Waals surface area contributed by atoms with Crippen molar-refractivity contribution in [2.24, 2.45) is 22.5 Å². The molecule has 2 N–H and O–H groups in total. The molecule has 0 aromatic heterocycles. The smallest absolute Gasteiger partial charge is 0.150 e. The predicted octanol–water partition coefficient (Wildman–Crippen LogP) is 1.62. The van der Waals surface area contributed by atoms with Crippen LogP contribution < -0.4 is 5.73 Å². The van der Waals surface area contributed by atoms with Crippen LogP contribution >= 0.6 is 12.4 Å². The molecular weight excluding hydrogens is 174 g/mol. The lowest BCUT2D eigenvalue weighted by atomic mass is 10.0. The summed E-state index contributed by atoms with van der Waals surface area (Å²) in [7, 11) is 0. The molecule has 1 aliphatic carbocycles. The van der Waals surface area contributed by atoms with E-state index >= 15 is 0 Å². The van der Waals surface area contributed by atoms with Gasteiger partial charge in [0.15, 0.2) is 5.78 Å². The van der Waals surface area contributed by atoms with E-state index in [1.807, 2.05) is 0 Å². The summed E-state index contributed by atoms with van der Waals surface area (Å²) >= 11 is 0. The van der Waals surface area contributed by atoms with Crippen molar-refractivity contribution in [2.75, 3.05) is 6.54 Å². The predicted molar refractivity (Wildman–Crippen MR) is 52.4 cm³/mol. The molecule has 2 nitrogen and oxygen atoms in total. The van der Waals surface area contributed by atoms with Crippen molar-refractivity contribution in [3.8, 4) is 0 Å². The largest absolute Gasteiger partial charge is 0.324 e. The lowest BCUT2D eigenvalue weighted by molar-refractivity contribution is -0.120. The van der Waals surface area contributed by atoms with Crippen LogP contribution in [0.5, 0.6) is 0 Å². The highest BCUT2D eigenvalue weighted by molar-refractivity contribution is 5.87. The Balaban J connectivity index is 0.00000121. The van der Waals surface area contributed by atoms with E-state index < -0.39 is 0 Å². The maximum Gasteiger partial charge on any atom is 0.150 e. The SMILES string of the molecule is CC1(C)C(C(=O)CN)C1(C)C.Cl. The lowest BCUT2D eigenvalue weighted by Gasteiger charge is -2.03. The van der Waals surface area contributed by atoms with Crippen molar-refractivity contribution in [2.45, 2.75) is 27.7 Å². The Kier molecular flexibility index (Phi) is 2.98. The number of ketones is 1. The van der Waals surface area contributed by atoms with E-state index in [0.717, 1.165) is 0 Å². The first kappa shape index (κ1) is 11.9. The highest BCUT2D eigenvalue weighted by Gasteiger charge is 2.67. The van der Waals surface area contributed by atoms with Gasteiger partial charge in [-0.3, -0.25) is 4.79 Å². The number of carbonyl (C=O) groups excluding carboxylic acids is 1. The zero-order chi connectivity index (χ0) is 8.86. The first-order valence-electron chi connectivity index (χ1n) is 4.08. The van der Waals surface area contributed by atoms with Gasteiger partial charge in [-0.05, 0) is 10.8 Å².